The number of aromatic nitrogens is 1. The zero-order chi connectivity index (χ0) is 18.0. The minimum atomic E-state index is -0.129. The van der Waals surface area contributed by atoms with Crippen molar-refractivity contribution in [3.63, 3.8) is 0 Å². The average Bonchev–Trinajstić information content (AvgIpc) is 2.88. The summed E-state index contributed by atoms with van der Waals surface area (Å²) in [6, 6.07) is 13.1. The van der Waals surface area contributed by atoms with E-state index in [2.05, 4.69) is 5.32 Å². The number of benzene rings is 2. The van der Waals surface area contributed by atoms with E-state index in [9.17, 15) is 4.79 Å². The number of aryl methyl sites for hydroxylation is 2. The molecule has 2 aromatic carbocycles. The summed E-state index contributed by atoms with van der Waals surface area (Å²) < 4.78 is 7.45. The van der Waals surface area contributed by atoms with Crippen LogP contribution in [-0.4, -0.2) is 17.1 Å². The maximum atomic E-state index is 12.9. The number of halogens is 1. The van der Waals surface area contributed by atoms with E-state index in [1.165, 1.54) is 0 Å². The second-order valence-electron chi connectivity index (χ2n) is 5.79. The fraction of sp³-hybridized carbons (Fsp3) is 0.250. The van der Waals surface area contributed by atoms with Crippen LogP contribution in [0.4, 0.5) is 5.69 Å². The lowest BCUT2D eigenvalue weighted by Gasteiger charge is -2.10. The molecule has 1 N–H and O–H groups in total. The van der Waals surface area contributed by atoms with Gasteiger partial charge >= 0.3 is 0 Å². The van der Waals surface area contributed by atoms with Crippen LogP contribution in [0, 0.1) is 6.92 Å². The number of hydrogen-bond acceptors (Lipinski definition) is 2. The number of carbonyl (C=O) groups is 1. The third-order valence-electron chi connectivity index (χ3n) is 4.23. The smallest absolute Gasteiger partial charge is 0.272 e. The summed E-state index contributed by atoms with van der Waals surface area (Å²) in [6.45, 7) is 7.25. The lowest BCUT2D eigenvalue weighted by atomic mass is 10.1. The van der Waals surface area contributed by atoms with Crippen LogP contribution in [-0.2, 0) is 6.54 Å². The summed E-state index contributed by atoms with van der Waals surface area (Å²) in [5, 5.41) is 4.64. The monoisotopic (exact) mass is 356 g/mol. The van der Waals surface area contributed by atoms with E-state index in [0.29, 0.717) is 23.9 Å². The minimum Gasteiger partial charge on any atom is -0.494 e. The van der Waals surface area contributed by atoms with Crippen LogP contribution in [0.25, 0.3) is 10.9 Å². The molecule has 3 aromatic rings. The van der Waals surface area contributed by atoms with Crippen molar-refractivity contribution in [2.75, 3.05) is 11.9 Å². The molecule has 0 aliphatic carbocycles. The van der Waals surface area contributed by atoms with Gasteiger partial charge in [0.05, 0.1) is 6.61 Å². The maximum absolute atomic E-state index is 12.9. The number of fused-ring (bicyclic) bond motifs is 1. The molecule has 0 radical (unpaired) electrons. The molecule has 0 unspecified atom stereocenters. The molecular weight excluding hydrogens is 336 g/mol. The maximum Gasteiger partial charge on any atom is 0.272 e. The molecule has 130 valence electrons. The Bertz CT molecular complexity index is 914. The molecule has 1 heterocycles. The summed E-state index contributed by atoms with van der Waals surface area (Å²) >= 11 is 6.12. The van der Waals surface area contributed by atoms with E-state index in [-0.39, 0.29) is 5.91 Å². The molecular formula is C20H21ClN2O2. The number of nitrogens with zero attached hydrogens (tertiary/aromatic N) is 1. The molecule has 5 heteroatoms. The molecule has 0 spiro atoms. The highest BCUT2D eigenvalue weighted by atomic mass is 35.5. The van der Waals surface area contributed by atoms with Crippen molar-refractivity contribution in [1.29, 1.82) is 0 Å². The SMILES string of the molecule is CCOc1ccc(NC(=O)c2c(C)c3cc(Cl)ccc3n2CC)cc1. The Balaban J connectivity index is 1.95. The third-order valence-corrected chi connectivity index (χ3v) is 4.47. The van der Waals surface area contributed by atoms with Crippen molar-refractivity contribution in [2.45, 2.75) is 27.3 Å². The molecule has 0 aliphatic heterocycles. The summed E-state index contributed by atoms with van der Waals surface area (Å²) in [5.41, 5.74) is 3.34. The minimum absolute atomic E-state index is 0.129. The first-order valence-electron chi connectivity index (χ1n) is 8.37. The fourth-order valence-electron chi connectivity index (χ4n) is 3.11. The zero-order valence-electron chi connectivity index (χ0n) is 14.6. The van der Waals surface area contributed by atoms with Crippen LogP contribution in [0.5, 0.6) is 5.75 Å². The standard InChI is InChI=1S/C20H21ClN2O2/c1-4-23-18-11-6-14(21)12-17(18)13(3)19(23)20(24)22-15-7-9-16(10-8-15)25-5-2/h6-12H,4-5H2,1-3H3,(H,22,24). The van der Waals surface area contributed by atoms with Gasteiger partial charge < -0.3 is 14.6 Å². The Morgan fingerprint density at radius 2 is 1.88 bits per heavy atom. The molecule has 0 aliphatic rings. The molecule has 0 saturated heterocycles. The lowest BCUT2D eigenvalue weighted by Crippen LogP contribution is -2.17. The topological polar surface area (TPSA) is 43.3 Å². The molecule has 0 atom stereocenters. The zero-order valence-corrected chi connectivity index (χ0v) is 15.4. The van der Waals surface area contributed by atoms with Gasteiger partial charge in [-0.25, -0.2) is 0 Å². The molecule has 1 amide bonds. The van der Waals surface area contributed by atoms with Crippen molar-refractivity contribution in [3.05, 3.63) is 58.7 Å². The van der Waals surface area contributed by atoms with E-state index in [1.807, 2.05) is 67.8 Å². The molecule has 3 rings (SSSR count). The fourth-order valence-corrected chi connectivity index (χ4v) is 3.28. The first-order valence-corrected chi connectivity index (χ1v) is 8.75. The third kappa shape index (κ3) is 3.35. The van der Waals surface area contributed by atoms with Gasteiger partial charge in [0, 0.05) is 28.2 Å². The predicted octanol–water partition coefficient (Wildman–Crippen LogP) is 5.27. The van der Waals surface area contributed by atoms with E-state index in [1.54, 1.807) is 0 Å². The second kappa shape index (κ2) is 7.19. The number of anilines is 1. The largest absolute Gasteiger partial charge is 0.494 e. The van der Waals surface area contributed by atoms with Crippen LogP contribution in [0.1, 0.15) is 29.9 Å². The highest BCUT2D eigenvalue weighted by Crippen LogP contribution is 2.29. The van der Waals surface area contributed by atoms with E-state index < -0.39 is 0 Å². The molecule has 0 saturated carbocycles. The Hall–Kier alpha value is -2.46. The number of rotatable bonds is 5. The van der Waals surface area contributed by atoms with E-state index in [0.717, 1.165) is 27.9 Å². The van der Waals surface area contributed by atoms with Gasteiger partial charge in [-0.15, -0.1) is 0 Å². The normalized spacial score (nSPS) is 10.9. The van der Waals surface area contributed by atoms with Gasteiger partial charge in [-0.05, 0) is 68.8 Å². The number of carbonyl (C=O) groups excluding carboxylic acids is 1. The van der Waals surface area contributed by atoms with Crippen LogP contribution >= 0.6 is 11.6 Å². The van der Waals surface area contributed by atoms with Gasteiger partial charge in [0.25, 0.3) is 5.91 Å². The summed E-state index contributed by atoms with van der Waals surface area (Å²) in [7, 11) is 0. The number of amides is 1. The van der Waals surface area contributed by atoms with Gasteiger partial charge in [-0.3, -0.25) is 4.79 Å². The summed E-state index contributed by atoms with van der Waals surface area (Å²) in [6.07, 6.45) is 0. The summed E-state index contributed by atoms with van der Waals surface area (Å²) in [4.78, 5) is 12.9. The Morgan fingerprint density at radius 3 is 2.52 bits per heavy atom. The van der Waals surface area contributed by atoms with Crippen LogP contribution in [0.3, 0.4) is 0 Å². The van der Waals surface area contributed by atoms with Crippen LogP contribution in [0.15, 0.2) is 42.5 Å². The van der Waals surface area contributed by atoms with E-state index in [4.69, 9.17) is 16.3 Å². The Kier molecular flexibility index (Phi) is 5.00. The molecule has 25 heavy (non-hydrogen) atoms. The van der Waals surface area contributed by atoms with Crippen molar-refractivity contribution >= 4 is 34.1 Å². The second-order valence-corrected chi connectivity index (χ2v) is 6.23. The predicted molar refractivity (Wildman–Crippen MR) is 103 cm³/mol. The van der Waals surface area contributed by atoms with Crippen molar-refractivity contribution in [3.8, 4) is 5.75 Å². The van der Waals surface area contributed by atoms with Gasteiger partial charge in [-0.1, -0.05) is 11.6 Å². The molecule has 0 bridgehead atoms. The van der Waals surface area contributed by atoms with Gasteiger partial charge in [0.1, 0.15) is 11.4 Å². The summed E-state index contributed by atoms with van der Waals surface area (Å²) in [5.74, 6) is 0.657. The number of hydrogen-bond donors (Lipinski definition) is 1. The van der Waals surface area contributed by atoms with Crippen molar-refractivity contribution < 1.29 is 9.53 Å². The molecule has 0 fully saturated rings. The van der Waals surface area contributed by atoms with Crippen molar-refractivity contribution in [2.24, 2.45) is 0 Å². The number of nitrogens with one attached hydrogen (secondary N) is 1. The Labute approximate surface area is 152 Å². The van der Waals surface area contributed by atoms with Gasteiger partial charge in [0.2, 0.25) is 0 Å². The van der Waals surface area contributed by atoms with Crippen molar-refractivity contribution in [1.82, 2.24) is 4.57 Å². The lowest BCUT2D eigenvalue weighted by molar-refractivity contribution is 0.101. The van der Waals surface area contributed by atoms with Gasteiger partial charge in [0.15, 0.2) is 0 Å². The van der Waals surface area contributed by atoms with Crippen LogP contribution < -0.4 is 10.1 Å². The first kappa shape index (κ1) is 17.4. The quantitative estimate of drug-likeness (QED) is 0.676. The van der Waals surface area contributed by atoms with E-state index >= 15 is 0 Å². The Morgan fingerprint density at radius 1 is 1.16 bits per heavy atom. The van der Waals surface area contributed by atoms with Gasteiger partial charge in [-0.2, -0.15) is 0 Å². The average molecular weight is 357 g/mol. The molecule has 4 nitrogen and oxygen atoms in total. The molecule has 1 aromatic heterocycles. The highest BCUT2D eigenvalue weighted by Gasteiger charge is 2.19. The first-order chi connectivity index (χ1) is 12.0. The van der Waals surface area contributed by atoms with Crippen LogP contribution in [0.2, 0.25) is 5.02 Å². The highest BCUT2D eigenvalue weighted by molar-refractivity contribution is 6.31. The number of ether oxygens (including phenoxy) is 1.